The van der Waals surface area contributed by atoms with E-state index in [9.17, 15) is 9.90 Å². The van der Waals surface area contributed by atoms with Gasteiger partial charge in [-0.15, -0.1) is 0 Å². The summed E-state index contributed by atoms with van der Waals surface area (Å²) in [7, 11) is 2.91. The van der Waals surface area contributed by atoms with E-state index < -0.39 is 0 Å². The number of piperazine rings is 1. The van der Waals surface area contributed by atoms with Crippen LogP contribution in [0.25, 0.3) is 0 Å². The van der Waals surface area contributed by atoms with E-state index in [2.05, 4.69) is 44.6 Å². The van der Waals surface area contributed by atoms with Crippen molar-refractivity contribution in [3.8, 4) is 17.2 Å². The summed E-state index contributed by atoms with van der Waals surface area (Å²) in [6.07, 6.45) is 1.87. The van der Waals surface area contributed by atoms with Crippen LogP contribution >= 0.6 is 0 Å². The predicted molar refractivity (Wildman–Crippen MR) is 117 cm³/mol. The average molecular weight is 412 g/mol. The Morgan fingerprint density at radius 3 is 2.33 bits per heavy atom. The van der Waals surface area contributed by atoms with Crippen molar-refractivity contribution in [2.75, 3.05) is 51.8 Å². The van der Waals surface area contributed by atoms with E-state index in [1.165, 1.54) is 26.1 Å². The second-order valence-electron chi connectivity index (χ2n) is 6.98. The molecule has 0 aromatic heterocycles. The summed E-state index contributed by atoms with van der Waals surface area (Å²) in [5.41, 5.74) is 4.42. The van der Waals surface area contributed by atoms with Gasteiger partial charge in [0.1, 0.15) is 0 Å². The molecule has 1 heterocycles. The number of hydrazone groups is 1. The summed E-state index contributed by atoms with van der Waals surface area (Å²) in [4.78, 5) is 16.8. The summed E-state index contributed by atoms with van der Waals surface area (Å²) >= 11 is 0. The average Bonchev–Trinajstić information content (AvgIpc) is 2.79. The number of ether oxygens (including phenoxy) is 2. The minimum absolute atomic E-state index is 0.0754. The van der Waals surface area contributed by atoms with Gasteiger partial charge in [0.25, 0.3) is 0 Å². The van der Waals surface area contributed by atoms with E-state index in [4.69, 9.17) is 9.47 Å². The van der Waals surface area contributed by atoms with E-state index in [1.54, 1.807) is 12.1 Å². The second-order valence-corrected chi connectivity index (χ2v) is 6.98. The molecule has 160 valence electrons. The first-order valence-corrected chi connectivity index (χ1v) is 9.90. The van der Waals surface area contributed by atoms with Crippen molar-refractivity contribution in [3.05, 3.63) is 48.0 Å². The fraction of sp³-hybridized carbons (Fsp3) is 0.364. The highest BCUT2D eigenvalue weighted by atomic mass is 16.5. The zero-order chi connectivity index (χ0) is 21.3. The van der Waals surface area contributed by atoms with E-state index in [0.717, 1.165) is 26.2 Å². The van der Waals surface area contributed by atoms with E-state index >= 15 is 0 Å². The molecule has 2 aromatic carbocycles. The second kappa shape index (κ2) is 10.5. The maximum atomic E-state index is 12.1. The number of carbonyl (C=O) groups is 1. The van der Waals surface area contributed by atoms with Crippen LogP contribution in [0.5, 0.6) is 17.2 Å². The molecule has 8 heteroatoms. The van der Waals surface area contributed by atoms with E-state index in [1.807, 2.05) is 6.07 Å². The molecule has 8 nitrogen and oxygen atoms in total. The molecule has 0 aliphatic carbocycles. The highest BCUT2D eigenvalue weighted by molar-refractivity contribution is 5.84. The number of nitrogens with zero attached hydrogens (tertiary/aromatic N) is 3. The van der Waals surface area contributed by atoms with Crippen LogP contribution in [-0.4, -0.2) is 69.1 Å². The molecule has 1 amide bonds. The van der Waals surface area contributed by atoms with Crippen molar-refractivity contribution in [3.63, 3.8) is 0 Å². The minimum Gasteiger partial charge on any atom is -0.502 e. The fourth-order valence-corrected chi connectivity index (χ4v) is 3.35. The molecule has 0 spiro atoms. The van der Waals surface area contributed by atoms with Crippen molar-refractivity contribution < 1.29 is 19.4 Å². The van der Waals surface area contributed by atoms with Crippen molar-refractivity contribution in [2.24, 2.45) is 5.10 Å². The number of phenolic OH excluding ortho intramolecular Hbond substituents is 1. The Morgan fingerprint density at radius 1 is 1.10 bits per heavy atom. The molecular formula is C22H28N4O4. The lowest BCUT2D eigenvalue weighted by Crippen LogP contribution is -2.47. The summed E-state index contributed by atoms with van der Waals surface area (Å²) in [5, 5.41) is 13.9. The number of hydrogen-bond acceptors (Lipinski definition) is 7. The number of anilines is 1. The Morgan fingerprint density at radius 2 is 1.73 bits per heavy atom. The van der Waals surface area contributed by atoms with E-state index in [0.29, 0.717) is 18.5 Å². The SMILES string of the molecule is COc1cc(/C=N/NC(=O)CCN2CCN(c3ccccc3)CC2)cc(OC)c1O. The zero-order valence-electron chi connectivity index (χ0n) is 17.4. The number of methoxy groups -OCH3 is 2. The van der Waals surface area contributed by atoms with Crippen LogP contribution in [0.1, 0.15) is 12.0 Å². The maximum absolute atomic E-state index is 12.1. The first-order chi connectivity index (χ1) is 14.6. The molecule has 2 aromatic rings. The van der Waals surface area contributed by atoms with Gasteiger partial charge in [0.2, 0.25) is 11.7 Å². The topological polar surface area (TPSA) is 86.6 Å². The zero-order valence-corrected chi connectivity index (χ0v) is 17.4. The first-order valence-electron chi connectivity index (χ1n) is 9.90. The minimum atomic E-state index is -0.144. The van der Waals surface area contributed by atoms with Crippen LogP contribution in [0.2, 0.25) is 0 Å². The maximum Gasteiger partial charge on any atom is 0.241 e. The molecule has 1 fully saturated rings. The molecule has 1 aliphatic heterocycles. The Labute approximate surface area is 176 Å². The molecule has 30 heavy (non-hydrogen) atoms. The van der Waals surface area contributed by atoms with Gasteiger partial charge in [-0.3, -0.25) is 9.69 Å². The molecule has 3 rings (SSSR count). The van der Waals surface area contributed by atoms with Crippen LogP contribution < -0.4 is 19.8 Å². The van der Waals surface area contributed by atoms with Gasteiger partial charge in [0, 0.05) is 50.4 Å². The third-order valence-electron chi connectivity index (χ3n) is 5.05. The molecule has 0 radical (unpaired) electrons. The number of benzene rings is 2. The Bertz CT molecular complexity index is 840. The molecule has 1 aliphatic rings. The number of nitrogens with one attached hydrogen (secondary N) is 1. The molecule has 0 bridgehead atoms. The van der Waals surface area contributed by atoms with Crippen molar-refractivity contribution >= 4 is 17.8 Å². The normalized spacial score (nSPS) is 14.7. The smallest absolute Gasteiger partial charge is 0.241 e. The van der Waals surface area contributed by atoms with Gasteiger partial charge in [-0.25, -0.2) is 5.43 Å². The fourth-order valence-electron chi connectivity index (χ4n) is 3.35. The quantitative estimate of drug-likeness (QED) is 0.510. The monoisotopic (exact) mass is 412 g/mol. The van der Waals surface area contributed by atoms with Crippen molar-refractivity contribution in [2.45, 2.75) is 6.42 Å². The summed E-state index contributed by atoms with van der Waals surface area (Å²) < 4.78 is 10.2. The molecule has 2 N–H and O–H groups in total. The lowest BCUT2D eigenvalue weighted by Gasteiger charge is -2.36. The van der Waals surface area contributed by atoms with Gasteiger partial charge in [-0.2, -0.15) is 5.10 Å². The molecule has 0 atom stereocenters. The standard InChI is InChI=1S/C22H28N4O4/c1-29-19-14-17(15-20(30-2)22(19)28)16-23-24-21(27)8-9-25-10-12-26(13-11-25)18-6-4-3-5-7-18/h3-7,14-16,28H,8-13H2,1-2H3,(H,24,27)/b23-16+. The largest absolute Gasteiger partial charge is 0.502 e. The summed E-state index contributed by atoms with van der Waals surface area (Å²) in [5.74, 6) is 0.330. The van der Waals surface area contributed by atoms with Crippen LogP contribution in [0.15, 0.2) is 47.6 Å². The van der Waals surface area contributed by atoms with Crippen molar-refractivity contribution in [1.82, 2.24) is 10.3 Å². The van der Waals surface area contributed by atoms with Crippen LogP contribution in [0.3, 0.4) is 0 Å². The van der Waals surface area contributed by atoms with Gasteiger partial charge in [-0.05, 0) is 24.3 Å². The number of carbonyl (C=O) groups excluding carboxylic acids is 1. The number of hydrogen-bond donors (Lipinski definition) is 2. The Kier molecular flexibility index (Phi) is 7.51. The Balaban J connectivity index is 1.42. The Hall–Kier alpha value is -3.26. The third-order valence-corrected chi connectivity index (χ3v) is 5.05. The van der Waals surface area contributed by atoms with Gasteiger partial charge in [0.15, 0.2) is 11.5 Å². The summed E-state index contributed by atoms with van der Waals surface area (Å²) in [6, 6.07) is 13.6. The number of amides is 1. The number of para-hydroxylation sites is 1. The summed E-state index contributed by atoms with van der Waals surface area (Å²) in [6.45, 7) is 4.46. The van der Waals surface area contributed by atoms with E-state index in [-0.39, 0.29) is 23.2 Å². The lowest BCUT2D eigenvalue weighted by molar-refractivity contribution is -0.121. The first kappa shape index (κ1) is 21.4. The highest BCUT2D eigenvalue weighted by Gasteiger charge is 2.17. The molecule has 0 unspecified atom stereocenters. The van der Waals surface area contributed by atoms with Crippen LogP contribution in [0.4, 0.5) is 5.69 Å². The van der Waals surface area contributed by atoms with Crippen molar-refractivity contribution in [1.29, 1.82) is 0 Å². The van der Waals surface area contributed by atoms with Gasteiger partial charge >= 0.3 is 0 Å². The third kappa shape index (κ3) is 5.64. The van der Waals surface area contributed by atoms with Gasteiger partial charge in [-0.1, -0.05) is 18.2 Å². The predicted octanol–water partition coefficient (Wildman–Crippen LogP) is 2.07. The highest BCUT2D eigenvalue weighted by Crippen LogP contribution is 2.36. The molecule has 1 saturated heterocycles. The molecular weight excluding hydrogens is 384 g/mol. The van der Waals surface area contributed by atoms with Crippen LogP contribution in [0, 0.1) is 0 Å². The number of aromatic hydroxyl groups is 1. The van der Waals surface area contributed by atoms with Gasteiger partial charge < -0.3 is 19.5 Å². The number of rotatable bonds is 8. The number of phenols is 1. The van der Waals surface area contributed by atoms with Crippen LogP contribution in [-0.2, 0) is 4.79 Å². The molecule has 0 saturated carbocycles. The van der Waals surface area contributed by atoms with Gasteiger partial charge in [0.05, 0.1) is 20.4 Å². The lowest BCUT2D eigenvalue weighted by atomic mass is 10.2.